The van der Waals surface area contributed by atoms with E-state index in [0.29, 0.717) is 6.61 Å². The average Bonchev–Trinajstić information content (AvgIpc) is 2.41. The average molecular weight is 346 g/mol. The Labute approximate surface area is 143 Å². The van der Waals surface area contributed by atoms with Crippen LogP contribution in [0, 0.1) is 0 Å². The molecule has 1 heterocycles. The van der Waals surface area contributed by atoms with Gasteiger partial charge in [-0.2, -0.15) is 0 Å². The first-order valence-corrected chi connectivity index (χ1v) is 8.05. The van der Waals surface area contributed by atoms with Crippen molar-refractivity contribution in [2.75, 3.05) is 32.9 Å². The minimum Gasteiger partial charge on any atom is -0.444 e. The summed E-state index contributed by atoms with van der Waals surface area (Å²) in [5, 5.41) is 12.5. The van der Waals surface area contributed by atoms with Gasteiger partial charge in [-0.15, -0.1) is 0 Å². The van der Waals surface area contributed by atoms with Crippen LogP contribution in [0.2, 0.25) is 0 Å². The number of aliphatic hydroxyl groups is 1. The number of nitrogens with zero attached hydrogens (tertiary/aromatic N) is 1. The van der Waals surface area contributed by atoms with Gasteiger partial charge < -0.3 is 24.6 Å². The van der Waals surface area contributed by atoms with Gasteiger partial charge in [0.15, 0.2) is 0 Å². The van der Waals surface area contributed by atoms with Crippen LogP contribution in [0.1, 0.15) is 41.5 Å². The lowest BCUT2D eigenvalue weighted by Crippen LogP contribution is -2.66. The molecule has 24 heavy (non-hydrogen) atoms. The van der Waals surface area contributed by atoms with Gasteiger partial charge in [-0.1, -0.05) is 0 Å². The van der Waals surface area contributed by atoms with Crippen molar-refractivity contribution in [1.29, 1.82) is 0 Å². The maximum Gasteiger partial charge on any atom is 0.411 e. The lowest BCUT2D eigenvalue weighted by molar-refractivity contribution is -0.0920. The summed E-state index contributed by atoms with van der Waals surface area (Å²) in [6.07, 6.45) is -1.17. The number of hydrogen-bond acceptors (Lipinski definition) is 6. The Kier molecular flexibility index (Phi) is 6.46. The summed E-state index contributed by atoms with van der Waals surface area (Å²) in [4.78, 5) is 25.7. The molecule has 8 nitrogen and oxygen atoms in total. The Morgan fingerprint density at radius 3 is 2.25 bits per heavy atom. The highest BCUT2D eigenvalue weighted by Crippen LogP contribution is 2.23. The summed E-state index contributed by atoms with van der Waals surface area (Å²) >= 11 is 0. The Bertz CT molecular complexity index is 454. The van der Waals surface area contributed by atoms with Gasteiger partial charge in [0.2, 0.25) is 0 Å². The molecule has 140 valence electrons. The molecule has 1 aliphatic rings. The molecule has 0 aromatic carbocycles. The van der Waals surface area contributed by atoms with Crippen LogP contribution in [0.4, 0.5) is 9.59 Å². The van der Waals surface area contributed by atoms with Crippen LogP contribution < -0.4 is 5.32 Å². The van der Waals surface area contributed by atoms with Crippen LogP contribution in [0.5, 0.6) is 0 Å². The van der Waals surface area contributed by atoms with E-state index in [-0.39, 0.29) is 26.3 Å². The standard InChI is InChI=1S/C16H30N2O6/c1-14(2,3)23-12(20)17-9-16(10-19)11-22-8-7-18(16)13(21)24-15(4,5)6/h19H,7-11H2,1-6H3,(H,17,20). The number of carbonyl (C=O) groups excluding carboxylic acids is 2. The van der Waals surface area contributed by atoms with E-state index >= 15 is 0 Å². The highest BCUT2D eigenvalue weighted by molar-refractivity contribution is 5.70. The lowest BCUT2D eigenvalue weighted by Gasteiger charge is -2.45. The van der Waals surface area contributed by atoms with Gasteiger partial charge in [0.1, 0.15) is 16.7 Å². The molecule has 2 N–H and O–H groups in total. The second-order valence-electron chi connectivity index (χ2n) is 7.92. The minimum absolute atomic E-state index is 0.00233. The number of morpholine rings is 1. The molecule has 1 aliphatic heterocycles. The Hall–Kier alpha value is -1.54. The fourth-order valence-electron chi connectivity index (χ4n) is 2.22. The molecular weight excluding hydrogens is 316 g/mol. The van der Waals surface area contributed by atoms with Gasteiger partial charge >= 0.3 is 12.2 Å². The fourth-order valence-corrected chi connectivity index (χ4v) is 2.22. The summed E-state index contributed by atoms with van der Waals surface area (Å²) in [5.41, 5.74) is -2.38. The van der Waals surface area contributed by atoms with Crippen molar-refractivity contribution in [3.63, 3.8) is 0 Å². The number of rotatable bonds is 3. The Morgan fingerprint density at radius 1 is 1.17 bits per heavy atom. The first kappa shape index (κ1) is 20.5. The highest BCUT2D eigenvalue weighted by atomic mass is 16.6. The van der Waals surface area contributed by atoms with E-state index in [4.69, 9.17) is 14.2 Å². The van der Waals surface area contributed by atoms with Crippen molar-refractivity contribution in [2.24, 2.45) is 0 Å². The fraction of sp³-hybridized carbons (Fsp3) is 0.875. The number of aliphatic hydroxyl groups excluding tert-OH is 1. The molecule has 1 rings (SSSR count). The van der Waals surface area contributed by atoms with Crippen LogP contribution in [0.15, 0.2) is 0 Å². The summed E-state index contributed by atoms with van der Waals surface area (Å²) in [6, 6.07) is 0. The number of hydrogen-bond donors (Lipinski definition) is 2. The number of nitrogens with one attached hydrogen (secondary N) is 1. The molecule has 1 saturated heterocycles. The largest absolute Gasteiger partial charge is 0.444 e. The Morgan fingerprint density at radius 2 is 1.75 bits per heavy atom. The molecular formula is C16H30N2O6. The zero-order valence-electron chi connectivity index (χ0n) is 15.5. The summed E-state index contributed by atoms with van der Waals surface area (Å²) in [6.45, 7) is 10.9. The van der Waals surface area contributed by atoms with E-state index in [9.17, 15) is 14.7 Å². The minimum atomic E-state index is -1.09. The van der Waals surface area contributed by atoms with Crippen molar-refractivity contribution in [3.05, 3.63) is 0 Å². The van der Waals surface area contributed by atoms with E-state index in [1.807, 2.05) is 0 Å². The van der Waals surface area contributed by atoms with Gasteiger partial charge in [-0.25, -0.2) is 9.59 Å². The van der Waals surface area contributed by atoms with E-state index in [0.717, 1.165) is 0 Å². The molecule has 1 unspecified atom stereocenters. The van der Waals surface area contributed by atoms with Crippen molar-refractivity contribution < 1.29 is 28.9 Å². The lowest BCUT2D eigenvalue weighted by atomic mass is 9.98. The van der Waals surface area contributed by atoms with Crippen LogP contribution in [0.25, 0.3) is 0 Å². The molecule has 0 aromatic rings. The van der Waals surface area contributed by atoms with Crippen molar-refractivity contribution in [2.45, 2.75) is 58.3 Å². The number of amides is 2. The number of alkyl carbamates (subject to hydrolysis) is 1. The Balaban J connectivity index is 2.82. The van der Waals surface area contributed by atoms with Crippen LogP contribution >= 0.6 is 0 Å². The molecule has 1 fully saturated rings. The van der Waals surface area contributed by atoms with Gasteiger partial charge in [0.25, 0.3) is 0 Å². The van der Waals surface area contributed by atoms with Crippen LogP contribution in [-0.2, 0) is 14.2 Å². The second kappa shape index (κ2) is 7.57. The molecule has 0 saturated carbocycles. The maximum absolute atomic E-state index is 12.5. The molecule has 0 bridgehead atoms. The van der Waals surface area contributed by atoms with Crippen molar-refractivity contribution >= 4 is 12.2 Å². The molecule has 0 spiro atoms. The van der Waals surface area contributed by atoms with Crippen LogP contribution in [0.3, 0.4) is 0 Å². The van der Waals surface area contributed by atoms with E-state index in [1.54, 1.807) is 41.5 Å². The van der Waals surface area contributed by atoms with Gasteiger partial charge in [-0.05, 0) is 41.5 Å². The topological polar surface area (TPSA) is 97.3 Å². The van der Waals surface area contributed by atoms with E-state index in [1.165, 1.54) is 4.90 Å². The van der Waals surface area contributed by atoms with Gasteiger partial charge in [0, 0.05) is 13.1 Å². The molecule has 0 radical (unpaired) electrons. The van der Waals surface area contributed by atoms with Gasteiger partial charge in [0.05, 0.1) is 19.8 Å². The normalized spacial score (nSPS) is 22.0. The summed E-state index contributed by atoms with van der Waals surface area (Å²) in [5.74, 6) is 0. The molecule has 1 atom stereocenters. The van der Waals surface area contributed by atoms with Crippen LogP contribution in [-0.4, -0.2) is 71.8 Å². The predicted molar refractivity (Wildman–Crippen MR) is 87.8 cm³/mol. The molecule has 0 aromatic heterocycles. The monoisotopic (exact) mass is 346 g/mol. The van der Waals surface area contributed by atoms with Crippen molar-refractivity contribution in [1.82, 2.24) is 10.2 Å². The molecule has 2 amide bonds. The number of ether oxygens (including phenoxy) is 3. The first-order chi connectivity index (χ1) is 10.9. The molecule has 0 aliphatic carbocycles. The summed E-state index contributed by atoms with van der Waals surface area (Å²) < 4.78 is 16.0. The van der Waals surface area contributed by atoms with E-state index < -0.39 is 28.9 Å². The third kappa shape index (κ3) is 6.16. The maximum atomic E-state index is 12.5. The highest BCUT2D eigenvalue weighted by Gasteiger charge is 2.44. The third-order valence-electron chi connectivity index (χ3n) is 3.27. The zero-order chi connectivity index (χ0) is 18.6. The third-order valence-corrected chi connectivity index (χ3v) is 3.27. The predicted octanol–water partition coefficient (Wildman–Crippen LogP) is 1.51. The first-order valence-electron chi connectivity index (χ1n) is 8.05. The van der Waals surface area contributed by atoms with Crippen molar-refractivity contribution in [3.8, 4) is 0 Å². The van der Waals surface area contributed by atoms with E-state index in [2.05, 4.69) is 5.32 Å². The summed E-state index contributed by atoms with van der Waals surface area (Å²) in [7, 11) is 0. The molecule has 8 heteroatoms. The SMILES string of the molecule is CC(C)(C)OC(=O)NCC1(CO)COCCN1C(=O)OC(C)(C)C. The second-order valence-corrected chi connectivity index (χ2v) is 7.92. The zero-order valence-corrected chi connectivity index (χ0v) is 15.5. The smallest absolute Gasteiger partial charge is 0.411 e. The quantitative estimate of drug-likeness (QED) is 0.804. The number of carbonyl (C=O) groups is 2. The van der Waals surface area contributed by atoms with Gasteiger partial charge in [-0.3, -0.25) is 4.90 Å².